The first-order valence-electron chi connectivity index (χ1n) is 11.4. The quantitative estimate of drug-likeness (QED) is 0.457. The summed E-state index contributed by atoms with van der Waals surface area (Å²) in [6.07, 6.45) is 5.01. The van der Waals surface area contributed by atoms with E-state index in [2.05, 4.69) is 45.8 Å². The van der Waals surface area contributed by atoms with Crippen LogP contribution in [0.25, 0.3) is 17.0 Å². The number of nitrogens with zero attached hydrogens (tertiary/aromatic N) is 1. The molecule has 170 valence electrons. The van der Waals surface area contributed by atoms with E-state index in [-0.39, 0.29) is 11.8 Å². The van der Waals surface area contributed by atoms with Crippen molar-refractivity contribution in [2.75, 3.05) is 20.2 Å². The van der Waals surface area contributed by atoms with Gasteiger partial charge in [0.2, 0.25) is 0 Å². The molecule has 1 spiro atoms. The van der Waals surface area contributed by atoms with Gasteiger partial charge >= 0.3 is 5.97 Å². The standard InChI is InChI=1S/C27H28N2O4/c1-18(23-16-20-5-3-4-6-22(20)28-23)29-13-11-27(12-14-29)17-24(30)21-15-19(7-9-25(21)33-27)8-10-26(31)32-2/h3-10,15-16,18,28H,11-14,17H2,1-2H3/b10-8+. The number of hydrogen-bond acceptors (Lipinski definition) is 5. The van der Waals surface area contributed by atoms with Crippen LogP contribution in [-0.2, 0) is 9.53 Å². The van der Waals surface area contributed by atoms with E-state index in [1.54, 1.807) is 12.1 Å². The zero-order valence-electron chi connectivity index (χ0n) is 19.0. The predicted octanol–water partition coefficient (Wildman–Crippen LogP) is 4.92. The SMILES string of the molecule is COC(=O)/C=C/c1ccc2c(c1)C(=O)CC1(CCN(C(C)c3cc4ccccc4[nH]3)CC1)O2. The van der Waals surface area contributed by atoms with E-state index >= 15 is 0 Å². The third-order valence-corrected chi connectivity index (χ3v) is 6.98. The lowest BCUT2D eigenvalue weighted by molar-refractivity contribution is -0.134. The molecule has 33 heavy (non-hydrogen) atoms. The number of ether oxygens (including phenoxy) is 2. The number of esters is 1. The Morgan fingerprint density at radius 2 is 1.97 bits per heavy atom. The minimum atomic E-state index is -0.440. The van der Waals surface area contributed by atoms with Crippen molar-refractivity contribution in [1.82, 2.24) is 9.88 Å². The van der Waals surface area contributed by atoms with Gasteiger partial charge in [0.05, 0.1) is 19.1 Å². The Morgan fingerprint density at radius 3 is 2.73 bits per heavy atom. The lowest BCUT2D eigenvalue weighted by Gasteiger charge is -2.45. The first kappa shape index (κ1) is 21.5. The highest BCUT2D eigenvalue weighted by atomic mass is 16.5. The maximum Gasteiger partial charge on any atom is 0.330 e. The van der Waals surface area contributed by atoms with Gasteiger partial charge in [0.25, 0.3) is 0 Å². The van der Waals surface area contributed by atoms with Crippen LogP contribution in [0.3, 0.4) is 0 Å². The van der Waals surface area contributed by atoms with Crippen LogP contribution in [0.5, 0.6) is 5.75 Å². The van der Waals surface area contributed by atoms with Crippen molar-refractivity contribution in [2.24, 2.45) is 0 Å². The van der Waals surface area contributed by atoms with E-state index in [1.807, 2.05) is 18.2 Å². The number of carbonyl (C=O) groups excluding carboxylic acids is 2. The summed E-state index contributed by atoms with van der Waals surface area (Å²) in [7, 11) is 1.34. The van der Waals surface area contributed by atoms with Gasteiger partial charge < -0.3 is 14.5 Å². The van der Waals surface area contributed by atoms with E-state index in [0.29, 0.717) is 17.7 Å². The van der Waals surface area contributed by atoms with Crippen LogP contribution < -0.4 is 4.74 Å². The van der Waals surface area contributed by atoms with Crippen LogP contribution in [-0.4, -0.2) is 47.4 Å². The number of carbonyl (C=O) groups is 2. The van der Waals surface area contributed by atoms with Gasteiger partial charge in [-0.05, 0) is 48.2 Å². The number of fused-ring (bicyclic) bond motifs is 2. The molecule has 5 rings (SSSR count). The average Bonchev–Trinajstić information content (AvgIpc) is 3.27. The number of rotatable bonds is 4. The molecule has 0 saturated carbocycles. The van der Waals surface area contributed by atoms with E-state index < -0.39 is 11.6 Å². The predicted molar refractivity (Wildman–Crippen MR) is 127 cm³/mol. The molecule has 0 radical (unpaired) electrons. The van der Waals surface area contributed by atoms with Gasteiger partial charge in [0.15, 0.2) is 5.78 Å². The van der Waals surface area contributed by atoms with Gasteiger partial charge in [0.1, 0.15) is 11.4 Å². The first-order valence-corrected chi connectivity index (χ1v) is 11.4. The monoisotopic (exact) mass is 444 g/mol. The average molecular weight is 445 g/mol. The number of Topliss-reactive ketones (excluding diaryl/α,β-unsaturated/α-hetero) is 1. The normalized spacial score (nSPS) is 18.9. The van der Waals surface area contributed by atoms with Crippen molar-refractivity contribution < 1.29 is 19.1 Å². The van der Waals surface area contributed by atoms with Gasteiger partial charge in [-0.2, -0.15) is 0 Å². The van der Waals surface area contributed by atoms with Gasteiger partial charge in [-0.1, -0.05) is 24.3 Å². The highest BCUT2D eigenvalue weighted by Gasteiger charge is 2.43. The molecule has 0 aliphatic carbocycles. The molecule has 3 heterocycles. The Hall–Kier alpha value is -3.38. The number of piperidine rings is 1. The molecule has 1 unspecified atom stereocenters. The molecule has 2 aromatic carbocycles. The van der Waals surface area contributed by atoms with Gasteiger partial charge in [-0.3, -0.25) is 9.69 Å². The first-order chi connectivity index (χ1) is 16.0. The number of benzene rings is 2. The lowest BCUT2D eigenvalue weighted by atomic mass is 9.81. The van der Waals surface area contributed by atoms with E-state index in [1.165, 1.54) is 24.3 Å². The second kappa shape index (κ2) is 8.52. The second-order valence-corrected chi connectivity index (χ2v) is 9.02. The summed E-state index contributed by atoms with van der Waals surface area (Å²) in [6, 6.07) is 16.3. The number of likely N-dealkylation sites (tertiary alicyclic amines) is 1. The van der Waals surface area contributed by atoms with Crippen molar-refractivity contribution in [2.45, 2.75) is 37.8 Å². The molecular formula is C27H28N2O4. The fourth-order valence-electron chi connectivity index (χ4n) is 4.96. The molecule has 1 fully saturated rings. The molecule has 1 atom stereocenters. The number of hydrogen-bond donors (Lipinski definition) is 1. The highest BCUT2D eigenvalue weighted by molar-refractivity contribution is 6.01. The van der Waals surface area contributed by atoms with E-state index in [0.717, 1.165) is 37.0 Å². The molecule has 1 saturated heterocycles. The minimum absolute atomic E-state index is 0.0988. The third-order valence-electron chi connectivity index (χ3n) is 6.98. The van der Waals surface area contributed by atoms with Crippen LogP contribution in [0.15, 0.2) is 54.6 Å². The molecule has 2 aliphatic heterocycles. The molecule has 1 N–H and O–H groups in total. The number of aromatic nitrogens is 1. The maximum absolute atomic E-state index is 13.0. The summed E-state index contributed by atoms with van der Waals surface area (Å²) in [5.41, 5.74) is 3.29. The smallest absolute Gasteiger partial charge is 0.330 e. The van der Waals surface area contributed by atoms with E-state index in [4.69, 9.17) is 4.74 Å². The number of para-hydroxylation sites is 1. The molecule has 0 amide bonds. The summed E-state index contributed by atoms with van der Waals surface area (Å²) >= 11 is 0. The lowest BCUT2D eigenvalue weighted by Crippen LogP contribution is -2.51. The third kappa shape index (κ3) is 4.18. The van der Waals surface area contributed by atoms with Crippen LogP contribution in [0.2, 0.25) is 0 Å². The summed E-state index contributed by atoms with van der Waals surface area (Å²) in [6.45, 7) is 3.98. The summed E-state index contributed by atoms with van der Waals surface area (Å²) in [4.78, 5) is 30.4. The number of H-pyrrole nitrogens is 1. The second-order valence-electron chi connectivity index (χ2n) is 9.02. The number of aromatic amines is 1. The summed E-state index contributed by atoms with van der Waals surface area (Å²) in [5.74, 6) is 0.308. The Balaban J connectivity index is 1.28. The molecule has 2 aliphatic rings. The molecule has 6 heteroatoms. The molecular weight excluding hydrogens is 416 g/mol. The number of methoxy groups -OCH3 is 1. The number of ketones is 1. The minimum Gasteiger partial charge on any atom is -0.486 e. The molecule has 6 nitrogen and oxygen atoms in total. The van der Waals surface area contributed by atoms with Crippen LogP contribution in [0, 0.1) is 0 Å². The Kier molecular flexibility index (Phi) is 5.54. The van der Waals surface area contributed by atoms with Crippen molar-refractivity contribution in [1.29, 1.82) is 0 Å². The Labute approximate surface area is 193 Å². The molecule has 0 bridgehead atoms. The molecule has 1 aromatic heterocycles. The van der Waals surface area contributed by atoms with Crippen LogP contribution >= 0.6 is 0 Å². The van der Waals surface area contributed by atoms with Crippen LogP contribution in [0.1, 0.15) is 53.8 Å². The molecule has 3 aromatic rings. The van der Waals surface area contributed by atoms with Crippen molar-refractivity contribution in [3.8, 4) is 5.75 Å². The largest absolute Gasteiger partial charge is 0.486 e. The van der Waals surface area contributed by atoms with Crippen LogP contribution in [0.4, 0.5) is 0 Å². The van der Waals surface area contributed by atoms with Gasteiger partial charge in [0, 0.05) is 49.3 Å². The van der Waals surface area contributed by atoms with Crippen molar-refractivity contribution >= 4 is 28.7 Å². The fourth-order valence-corrected chi connectivity index (χ4v) is 4.96. The fraction of sp³-hybridized carbons (Fsp3) is 0.333. The zero-order chi connectivity index (χ0) is 23.0. The number of nitrogens with one attached hydrogen (secondary N) is 1. The summed E-state index contributed by atoms with van der Waals surface area (Å²) in [5, 5.41) is 1.23. The zero-order valence-corrected chi connectivity index (χ0v) is 19.0. The Morgan fingerprint density at radius 1 is 1.18 bits per heavy atom. The van der Waals surface area contributed by atoms with E-state index in [9.17, 15) is 9.59 Å². The summed E-state index contributed by atoms with van der Waals surface area (Å²) < 4.78 is 11.1. The topological polar surface area (TPSA) is 71.6 Å². The van der Waals surface area contributed by atoms with Crippen molar-refractivity contribution in [3.63, 3.8) is 0 Å². The Bertz CT molecular complexity index is 1200. The highest BCUT2D eigenvalue weighted by Crippen LogP contribution is 2.41. The van der Waals surface area contributed by atoms with Gasteiger partial charge in [-0.15, -0.1) is 0 Å². The van der Waals surface area contributed by atoms with Gasteiger partial charge in [-0.25, -0.2) is 4.79 Å². The van der Waals surface area contributed by atoms with Crippen molar-refractivity contribution in [3.05, 3.63) is 71.4 Å². The maximum atomic E-state index is 13.0.